The van der Waals surface area contributed by atoms with E-state index in [9.17, 15) is 4.39 Å². The molecule has 0 saturated carbocycles. The third-order valence-electron chi connectivity index (χ3n) is 2.92. The van der Waals surface area contributed by atoms with E-state index in [4.69, 9.17) is 0 Å². The van der Waals surface area contributed by atoms with Crippen molar-refractivity contribution in [3.8, 4) is 5.69 Å². The molecule has 3 rings (SSSR count). The zero-order valence-corrected chi connectivity index (χ0v) is 11.4. The van der Waals surface area contributed by atoms with E-state index in [1.807, 2.05) is 13.0 Å². The molecule has 0 saturated heterocycles. The maximum absolute atomic E-state index is 14.0. The van der Waals surface area contributed by atoms with E-state index in [0.29, 0.717) is 23.7 Å². The molecule has 6 nitrogen and oxygen atoms in total. The molecule has 7 heteroatoms. The second-order valence-electron chi connectivity index (χ2n) is 4.45. The summed E-state index contributed by atoms with van der Waals surface area (Å²) >= 11 is 0. The molecule has 0 radical (unpaired) electrons. The predicted molar refractivity (Wildman–Crippen MR) is 75.4 cm³/mol. The lowest BCUT2D eigenvalue weighted by Crippen LogP contribution is -2.04. The van der Waals surface area contributed by atoms with Crippen LogP contribution in [0.25, 0.3) is 5.69 Å². The van der Waals surface area contributed by atoms with Crippen LogP contribution in [-0.4, -0.2) is 24.7 Å². The predicted octanol–water partition coefficient (Wildman–Crippen LogP) is 2.12. The number of halogens is 1. The van der Waals surface area contributed by atoms with Crippen molar-refractivity contribution >= 4 is 5.69 Å². The SMILES string of the molecule is Cc1nccc(CNc2ccc(-n3cncn3)c(F)c2)n1. The van der Waals surface area contributed by atoms with Crippen LogP contribution >= 0.6 is 0 Å². The first-order chi connectivity index (χ1) is 10.2. The molecule has 0 bridgehead atoms. The van der Waals surface area contributed by atoms with Gasteiger partial charge in [0.2, 0.25) is 0 Å². The molecule has 0 atom stereocenters. The monoisotopic (exact) mass is 284 g/mol. The molecule has 0 spiro atoms. The van der Waals surface area contributed by atoms with E-state index in [1.165, 1.54) is 23.4 Å². The van der Waals surface area contributed by atoms with Crippen LogP contribution in [0, 0.1) is 12.7 Å². The van der Waals surface area contributed by atoms with Gasteiger partial charge in [-0.25, -0.2) is 24.0 Å². The summed E-state index contributed by atoms with van der Waals surface area (Å²) in [6.07, 6.45) is 4.52. The smallest absolute Gasteiger partial charge is 0.150 e. The molecule has 21 heavy (non-hydrogen) atoms. The van der Waals surface area contributed by atoms with E-state index in [-0.39, 0.29) is 5.82 Å². The van der Waals surface area contributed by atoms with E-state index < -0.39 is 0 Å². The van der Waals surface area contributed by atoms with Crippen LogP contribution in [0.15, 0.2) is 43.1 Å². The zero-order valence-electron chi connectivity index (χ0n) is 11.4. The lowest BCUT2D eigenvalue weighted by atomic mass is 10.2. The van der Waals surface area contributed by atoms with Gasteiger partial charge in [-0.1, -0.05) is 0 Å². The summed E-state index contributed by atoms with van der Waals surface area (Å²) in [5.41, 5.74) is 1.88. The molecule has 0 unspecified atom stereocenters. The Labute approximate surface area is 120 Å². The maximum atomic E-state index is 14.0. The first kappa shape index (κ1) is 13.2. The van der Waals surface area contributed by atoms with Crippen LogP contribution in [0.4, 0.5) is 10.1 Å². The molecule has 3 aromatic rings. The molecule has 2 aromatic heterocycles. The Bertz CT molecular complexity index is 741. The van der Waals surface area contributed by atoms with Gasteiger partial charge in [0, 0.05) is 11.9 Å². The van der Waals surface area contributed by atoms with E-state index >= 15 is 0 Å². The van der Waals surface area contributed by atoms with Gasteiger partial charge in [-0.2, -0.15) is 5.10 Å². The molecule has 2 heterocycles. The fourth-order valence-electron chi connectivity index (χ4n) is 1.93. The molecular formula is C14H13FN6. The van der Waals surface area contributed by atoms with Gasteiger partial charge in [0.15, 0.2) is 5.82 Å². The average molecular weight is 284 g/mol. The highest BCUT2D eigenvalue weighted by Crippen LogP contribution is 2.17. The number of aromatic nitrogens is 5. The Morgan fingerprint density at radius 1 is 1.29 bits per heavy atom. The molecule has 0 aliphatic carbocycles. The minimum Gasteiger partial charge on any atom is -0.379 e. The molecule has 0 aliphatic heterocycles. The van der Waals surface area contributed by atoms with Crippen molar-refractivity contribution in [2.75, 3.05) is 5.32 Å². The molecule has 106 valence electrons. The molecule has 1 N–H and O–H groups in total. The number of hydrogen-bond acceptors (Lipinski definition) is 5. The highest BCUT2D eigenvalue weighted by Gasteiger charge is 2.06. The Morgan fingerprint density at radius 3 is 2.90 bits per heavy atom. The molecule has 0 aliphatic rings. The lowest BCUT2D eigenvalue weighted by molar-refractivity contribution is 0.611. The summed E-state index contributed by atoms with van der Waals surface area (Å²) in [6, 6.07) is 6.68. The van der Waals surface area contributed by atoms with Crippen LogP contribution in [-0.2, 0) is 6.54 Å². The van der Waals surface area contributed by atoms with Crippen molar-refractivity contribution in [2.45, 2.75) is 13.5 Å². The summed E-state index contributed by atoms with van der Waals surface area (Å²) in [4.78, 5) is 12.1. The largest absolute Gasteiger partial charge is 0.379 e. The van der Waals surface area contributed by atoms with Crippen LogP contribution in [0.5, 0.6) is 0 Å². The fraction of sp³-hybridized carbons (Fsp3) is 0.143. The number of anilines is 1. The van der Waals surface area contributed by atoms with Crippen molar-refractivity contribution in [1.82, 2.24) is 24.7 Å². The van der Waals surface area contributed by atoms with Gasteiger partial charge in [-0.15, -0.1) is 0 Å². The van der Waals surface area contributed by atoms with Crippen molar-refractivity contribution in [1.29, 1.82) is 0 Å². The summed E-state index contributed by atoms with van der Waals surface area (Å²) < 4.78 is 15.4. The van der Waals surface area contributed by atoms with Crippen molar-refractivity contribution in [2.24, 2.45) is 0 Å². The highest BCUT2D eigenvalue weighted by molar-refractivity contribution is 5.49. The summed E-state index contributed by atoms with van der Waals surface area (Å²) in [6.45, 7) is 2.33. The van der Waals surface area contributed by atoms with Crippen molar-refractivity contribution in [3.63, 3.8) is 0 Å². The van der Waals surface area contributed by atoms with E-state index in [0.717, 1.165) is 5.69 Å². The van der Waals surface area contributed by atoms with Crippen LogP contribution < -0.4 is 5.32 Å². The van der Waals surface area contributed by atoms with Gasteiger partial charge < -0.3 is 5.32 Å². The molecule has 0 fully saturated rings. The second-order valence-corrected chi connectivity index (χ2v) is 4.45. The first-order valence-corrected chi connectivity index (χ1v) is 6.39. The van der Waals surface area contributed by atoms with Gasteiger partial charge >= 0.3 is 0 Å². The molecule has 1 aromatic carbocycles. The minimum absolute atomic E-state index is 0.357. The molecule has 0 amide bonds. The lowest BCUT2D eigenvalue weighted by Gasteiger charge is -2.08. The third-order valence-corrected chi connectivity index (χ3v) is 2.92. The standard InChI is InChI=1S/C14H13FN6/c1-10-17-5-4-12(20-10)7-18-11-2-3-14(13(15)6-11)21-9-16-8-19-21/h2-6,8-9,18H,7H2,1H3. The summed E-state index contributed by atoms with van der Waals surface area (Å²) in [5, 5.41) is 7.03. The second kappa shape index (κ2) is 5.66. The fourth-order valence-corrected chi connectivity index (χ4v) is 1.93. The third kappa shape index (κ3) is 3.02. The van der Waals surface area contributed by atoms with Crippen LogP contribution in [0.1, 0.15) is 11.5 Å². The number of hydrogen-bond donors (Lipinski definition) is 1. The molecular weight excluding hydrogens is 271 g/mol. The number of benzene rings is 1. The Kier molecular flexibility index (Phi) is 3.55. The summed E-state index contributed by atoms with van der Waals surface area (Å²) in [7, 11) is 0. The number of aryl methyl sites for hydroxylation is 1. The number of nitrogens with zero attached hydrogens (tertiary/aromatic N) is 5. The van der Waals surface area contributed by atoms with Gasteiger partial charge in [0.1, 0.15) is 24.2 Å². The zero-order chi connectivity index (χ0) is 14.7. The topological polar surface area (TPSA) is 68.5 Å². The average Bonchev–Trinajstić information content (AvgIpc) is 2.99. The number of nitrogens with one attached hydrogen (secondary N) is 1. The van der Waals surface area contributed by atoms with E-state index in [2.05, 4.69) is 25.4 Å². The van der Waals surface area contributed by atoms with Crippen molar-refractivity contribution in [3.05, 3.63) is 60.5 Å². The van der Waals surface area contributed by atoms with Gasteiger partial charge in [-0.3, -0.25) is 0 Å². The minimum atomic E-state index is -0.371. The summed E-state index contributed by atoms with van der Waals surface area (Å²) in [5.74, 6) is 0.339. The Balaban J connectivity index is 1.74. The quantitative estimate of drug-likeness (QED) is 0.794. The van der Waals surface area contributed by atoms with Crippen LogP contribution in [0.3, 0.4) is 0 Å². The highest BCUT2D eigenvalue weighted by atomic mass is 19.1. The Morgan fingerprint density at radius 2 is 2.19 bits per heavy atom. The number of rotatable bonds is 4. The van der Waals surface area contributed by atoms with E-state index in [1.54, 1.807) is 18.3 Å². The van der Waals surface area contributed by atoms with Gasteiger partial charge in [0.25, 0.3) is 0 Å². The van der Waals surface area contributed by atoms with Crippen molar-refractivity contribution < 1.29 is 4.39 Å². The maximum Gasteiger partial charge on any atom is 0.150 e. The van der Waals surface area contributed by atoms with Gasteiger partial charge in [-0.05, 0) is 31.2 Å². The van der Waals surface area contributed by atoms with Crippen LogP contribution in [0.2, 0.25) is 0 Å². The Hall–Kier alpha value is -2.83. The first-order valence-electron chi connectivity index (χ1n) is 6.39. The normalized spacial score (nSPS) is 10.6. The van der Waals surface area contributed by atoms with Gasteiger partial charge in [0.05, 0.1) is 12.2 Å².